The van der Waals surface area contributed by atoms with Gasteiger partial charge in [-0.3, -0.25) is 0 Å². The van der Waals surface area contributed by atoms with Crippen LogP contribution in [0.1, 0.15) is 16.0 Å². The van der Waals surface area contributed by atoms with Crippen LogP contribution >= 0.6 is 43.5 Å². The smallest absolute Gasteiger partial charge is 0.101 e. The van der Waals surface area contributed by atoms with E-state index in [0.29, 0.717) is 10.7 Å². The molecule has 0 bridgehead atoms. The minimum Gasteiger partial charge on any atom is -0.101 e. The van der Waals surface area contributed by atoms with E-state index in [1.54, 1.807) is 0 Å². The fourth-order valence-corrected chi connectivity index (χ4v) is 4.81. The third-order valence-corrected chi connectivity index (χ3v) is 6.07. The van der Waals surface area contributed by atoms with Crippen LogP contribution in [0, 0.1) is 11.8 Å². The highest BCUT2D eigenvalue weighted by Crippen LogP contribution is 2.58. The molecule has 0 unspecified atom stereocenters. The van der Waals surface area contributed by atoms with Gasteiger partial charge in [0.15, 0.2) is 0 Å². The van der Waals surface area contributed by atoms with Crippen molar-refractivity contribution >= 4 is 43.5 Å². The summed E-state index contributed by atoms with van der Waals surface area (Å²) < 4.78 is -0.500. The molecule has 88 valence electrons. The van der Waals surface area contributed by atoms with Crippen LogP contribution in [0.3, 0.4) is 0 Å². The van der Waals surface area contributed by atoms with Gasteiger partial charge in [-0.15, -0.1) is 11.6 Å². The lowest BCUT2D eigenvalue weighted by Crippen LogP contribution is -2.36. The van der Waals surface area contributed by atoms with Crippen LogP contribution in [0.25, 0.3) is 0 Å². The van der Waals surface area contributed by atoms with E-state index in [4.69, 9.17) is 11.6 Å². The first-order valence-electron chi connectivity index (χ1n) is 5.58. The van der Waals surface area contributed by atoms with E-state index in [0.717, 1.165) is 0 Å². The lowest BCUT2D eigenvalue weighted by atomic mass is 9.73. The molecule has 0 aromatic heterocycles. The van der Waals surface area contributed by atoms with Crippen LogP contribution in [0.2, 0.25) is 0 Å². The van der Waals surface area contributed by atoms with E-state index < -0.39 is 3.78 Å². The topological polar surface area (TPSA) is 0 Å². The highest BCUT2D eigenvalue weighted by molar-refractivity contribution is 9.10. The molecule has 0 fully saturated rings. The van der Waals surface area contributed by atoms with Crippen molar-refractivity contribution < 1.29 is 0 Å². The summed E-state index contributed by atoms with van der Waals surface area (Å²) in [4.78, 5) is 0.328. The molecule has 1 aromatic carbocycles. The van der Waals surface area contributed by atoms with Crippen LogP contribution in [0.5, 0.6) is 0 Å². The van der Waals surface area contributed by atoms with Crippen molar-refractivity contribution in [1.29, 1.82) is 0 Å². The molecule has 2 aliphatic rings. The van der Waals surface area contributed by atoms with Crippen LogP contribution in [-0.4, -0.2) is 0 Å². The molecule has 0 N–H and O–H groups in total. The Kier molecular flexibility index (Phi) is 3.00. The molecular formula is C14H11Br2Cl. The number of alkyl halides is 3. The second-order valence-electron chi connectivity index (χ2n) is 4.48. The number of hydrogen-bond donors (Lipinski definition) is 0. The van der Waals surface area contributed by atoms with Crippen molar-refractivity contribution in [2.45, 2.75) is 8.61 Å². The summed E-state index contributed by atoms with van der Waals surface area (Å²) in [5, 5.41) is 0. The number of benzene rings is 1. The molecule has 0 amide bonds. The van der Waals surface area contributed by atoms with Crippen molar-refractivity contribution in [3.05, 3.63) is 59.7 Å². The molecule has 0 saturated carbocycles. The van der Waals surface area contributed by atoms with E-state index >= 15 is 0 Å². The Bertz CT molecular complexity index is 505. The van der Waals surface area contributed by atoms with Gasteiger partial charge in [0.05, 0.1) is 0 Å². The minimum atomic E-state index is -0.500. The summed E-state index contributed by atoms with van der Waals surface area (Å²) in [5.74, 6) is 0.667. The highest BCUT2D eigenvalue weighted by Gasteiger charge is 2.47. The first-order chi connectivity index (χ1) is 8.12. The molecule has 0 radical (unpaired) electrons. The monoisotopic (exact) mass is 372 g/mol. The number of rotatable bonds is 0. The van der Waals surface area contributed by atoms with Gasteiger partial charge >= 0.3 is 0 Å². The highest BCUT2D eigenvalue weighted by atomic mass is 79.9. The van der Waals surface area contributed by atoms with Gasteiger partial charge in [0.1, 0.15) is 3.78 Å². The van der Waals surface area contributed by atoms with Gasteiger partial charge in [-0.2, -0.15) is 0 Å². The van der Waals surface area contributed by atoms with Gasteiger partial charge < -0.3 is 0 Å². The normalized spacial score (nSPS) is 38.6. The summed E-state index contributed by atoms with van der Waals surface area (Å²) >= 11 is 14.3. The van der Waals surface area contributed by atoms with Crippen molar-refractivity contribution in [2.24, 2.45) is 11.8 Å². The van der Waals surface area contributed by atoms with Crippen LogP contribution in [-0.2, 0) is 3.78 Å². The summed E-state index contributed by atoms with van der Waals surface area (Å²) in [6.07, 6.45) is 8.60. The summed E-state index contributed by atoms with van der Waals surface area (Å²) in [5.41, 5.74) is 2.45. The first-order valence-corrected chi connectivity index (χ1v) is 7.67. The molecule has 2 aliphatic carbocycles. The van der Waals surface area contributed by atoms with E-state index in [9.17, 15) is 0 Å². The molecule has 3 heteroatoms. The van der Waals surface area contributed by atoms with Crippen molar-refractivity contribution in [3.8, 4) is 0 Å². The quantitative estimate of drug-likeness (QED) is 0.542. The fourth-order valence-electron chi connectivity index (χ4n) is 2.69. The van der Waals surface area contributed by atoms with Crippen LogP contribution in [0.15, 0.2) is 48.6 Å². The number of fused-ring (bicyclic) bond motifs is 2. The molecule has 0 heterocycles. The first kappa shape index (κ1) is 12.0. The van der Waals surface area contributed by atoms with Crippen molar-refractivity contribution in [2.75, 3.05) is 0 Å². The summed E-state index contributed by atoms with van der Waals surface area (Å²) in [7, 11) is 0. The maximum Gasteiger partial charge on any atom is 0.131 e. The van der Waals surface area contributed by atoms with Gasteiger partial charge in [-0.25, -0.2) is 0 Å². The SMILES string of the molecule is Cl[C@]1(Br)c2ccccc2[C@H](Br)[C@H]2C=CC=C[C@@H]21. The van der Waals surface area contributed by atoms with Gasteiger partial charge in [-0.1, -0.05) is 80.4 Å². The van der Waals surface area contributed by atoms with Crippen LogP contribution < -0.4 is 0 Å². The van der Waals surface area contributed by atoms with Gasteiger partial charge in [0, 0.05) is 16.7 Å². The van der Waals surface area contributed by atoms with Crippen molar-refractivity contribution in [1.82, 2.24) is 0 Å². The Morgan fingerprint density at radius 3 is 2.65 bits per heavy atom. The number of hydrogen-bond acceptors (Lipinski definition) is 0. The Hall–Kier alpha value is -0.0500. The van der Waals surface area contributed by atoms with Gasteiger partial charge in [0.25, 0.3) is 0 Å². The molecule has 1 aromatic rings. The largest absolute Gasteiger partial charge is 0.131 e. The fraction of sp³-hybridized carbons (Fsp3) is 0.286. The number of allylic oxidation sites excluding steroid dienone is 4. The number of halogens is 3. The molecule has 3 rings (SSSR count). The zero-order chi connectivity index (χ0) is 12.0. The summed E-state index contributed by atoms with van der Waals surface area (Å²) in [6.45, 7) is 0. The predicted molar refractivity (Wildman–Crippen MR) is 79.8 cm³/mol. The third kappa shape index (κ3) is 1.76. The zero-order valence-electron chi connectivity index (χ0n) is 8.98. The van der Waals surface area contributed by atoms with Crippen molar-refractivity contribution in [3.63, 3.8) is 0 Å². The Balaban J connectivity index is 2.21. The zero-order valence-corrected chi connectivity index (χ0v) is 12.9. The average molecular weight is 375 g/mol. The Morgan fingerprint density at radius 1 is 1.12 bits per heavy atom. The molecule has 0 saturated heterocycles. The van der Waals surface area contributed by atoms with E-state index in [1.165, 1.54) is 11.1 Å². The second kappa shape index (κ2) is 4.25. The van der Waals surface area contributed by atoms with Gasteiger partial charge in [-0.05, 0) is 11.1 Å². The molecule has 0 spiro atoms. The molecule has 17 heavy (non-hydrogen) atoms. The third-order valence-electron chi connectivity index (χ3n) is 3.55. The van der Waals surface area contributed by atoms with E-state index in [-0.39, 0.29) is 5.92 Å². The maximum absolute atomic E-state index is 6.75. The van der Waals surface area contributed by atoms with Crippen LogP contribution in [0.4, 0.5) is 0 Å². The lowest BCUT2D eigenvalue weighted by Gasteiger charge is -2.43. The molecule has 0 aliphatic heterocycles. The van der Waals surface area contributed by atoms with E-state index in [1.807, 2.05) is 6.07 Å². The van der Waals surface area contributed by atoms with Gasteiger partial charge in [0.2, 0.25) is 0 Å². The Morgan fingerprint density at radius 2 is 1.82 bits per heavy atom. The minimum absolute atomic E-state index is 0.272. The Labute approximate surface area is 123 Å². The molecule has 0 nitrogen and oxygen atoms in total. The second-order valence-corrected chi connectivity index (χ2v) is 7.77. The predicted octanol–water partition coefficient (Wildman–Crippen LogP) is 5.28. The average Bonchev–Trinajstić information content (AvgIpc) is 2.37. The molecular weight excluding hydrogens is 363 g/mol. The van der Waals surface area contributed by atoms with E-state index in [2.05, 4.69) is 74.4 Å². The maximum atomic E-state index is 6.75. The standard InChI is InChI=1S/C14H11Br2Cl/c15-13-9-5-1-3-7-11(9)14(16,17)12-8-4-2-6-10(12)13/h1-9,11,13H/t9-,11-,13+,14-/m0/s1. The lowest BCUT2D eigenvalue weighted by molar-refractivity contribution is 0.405. The molecule has 4 atom stereocenters. The summed E-state index contributed by atoms with van der Waals surface area (Å²) in [6, 6.07) is 8.36.